The van der Waals surface area contributed by atoms with Gasteiger partial charge in [0.05, 0.1) is 22.4 Å². The Kier molecular flexibility index (Phi) is 6.82. The molecule has 0 bridgehead atoms. The van der Waals surface area contributed by atoms with Crippen LogP contribution in [-0.4, -0.2) is 38.3 Å². The van der Waals surface area contributed by atoms with Gasteiger partial charge in [0, 0.05) is 24.0 Å². The van der Waals surface area contributed by atoms with Crippen molar-refractivity contribution in [2.45, 2.75) is 56.1 Å². The smallest absolute Gasteiger partial charge is 0.185 e. The standard InChI is InChI=1S/C26H32N2O3S2/c1-5-31-21-10-6-19(7-11-21)24-18-32-25(27-24)28-16-14-23(15-17-28)33(29,30)22-12-8-20(9-13-22)26(2,3)4/h6-13,18,23H,5,14-17H2,1-4H3. The van der Waals surface area contributed by atoms with Crippen molar-refractivity contribution < 1.29 is 13.2 Å². The zero-order valence-corrected chi connectivity index (χ0v) is 21.4. The zero-order chi connectivity index (χ0) is 23.6. The van der Waals surface area contributed by atoms with Crippen LogP contribution in [0.3, 0.4) is 0 Å². The molecule has 2 aromatic carbocycles. The first-order valence-corrected chi connectivity index (χ1v) is 13.9. The molecule has 4 rings (SSSR count). The number of aromatic nitrogens is 1. The molecular formula is C26H32N2O3S2. The van der Waals surface area contributed by atoms with Gasteiger partial charge >= 0.3 is 0 Å². The summed E-state index contributed by atoms with van der Waals surface area (Å²) in [5.41, 5.74) is 3.14. The molecule has 1 aliphatic rings. The van der Waals surface area contributed by atoms with Crippen LogP contribution in [0.2, 0.25) is 0 Å². The largest absolute Gasteiger partial charge is 0.494 e. The first kappa shape index (κ1) is 23.8. The van der Waals surface area contributed by atoms with Crippen LogP contribution in [0, 0.1) is 0 Å². The van der Waals surface area contributed by atoms with Gasteiger partial charge < -0.3 is 9.64 Å². The molecule has 0 spiro atoms. The van der Waals surface area contributed by atoms with Crippen LogP contribution >= 0.6 is 11.3 Å². The second-order valence-electron chi connectivity index (χ2n) is 9.48. The summed E-state index contributed by atoms with van der Waals surface area (Å²) in [5.74, 6) is 0.855. The number of rotatable bonds is 6. The molecule has 0 atom stereocenters. The molecule has 2 heterocycles. The van der Waals surface area contributed by atoms with Gasteiger partial charge in [0.1, 0.15) is 5.75 Å². The summed E-state index contributed by atoms with van der Waals surface area (Å²) in [4.78, 5) is 7.45. The van der Waals surface area contributed by atoms with Crippen molar-refractivity contribution in [1.82, 2.24) is 4.98 Å². The third-order valence-electron chi connectivity index (χ3n) is 6.15. The number of benzene rings is 2. The van der Waals surface area contributed by atoms with E-state index in [1.165, 1.54) is 0 Å². The molecule has 1 saturated heterocycles. The molecule has 3 aromatic rings. The maximum Gasteiger partial charge on any atom is 0.185 e. The molecule has 1 fully saturated rings. The molecule has 5 nitrogen and oxygen atoms in total. The van der Waals surface area contributed by atoms with E-state index in [4.69, 9.17) is 9.72 Å². The molecule has 33 heavy (non-hydrogen) atoms. The Bertz CT molecular complexity index is 1170. The van der Waals surface area contributed by atoms with E-state index in [2.05, 4.69) is 31.1 Å². The molecular weight excluding hydrogens is 452 g/mol. The third kappa shape index (κ3) is 5.25. The molecule has 1 aromatic heterocycles. The Morgan fingerprint density at radius 2 is 1.67 bits per heavy atom. The quantitative estimate of drug-likeness (QED) is 0.433. The van der Waals surface area contributed by atoms with E-state index >= 15 is 0 Å². The lowest BCUT2D eigenvalue weighted by atomic mass is 9.87. The molecule has 0 aliphatic carbocycles. The highest BCUT2D eigenvalue weighted by Gasteiger charge is 2.32. The van der Waals surface area contributed by atoms with Crippen molar-refractivity contribution in [2.24, 2.45) is 0 Å². The fourth-order valence-electron chi connectivity index (χ4n) is 4.13. The lowest BCUT2D eigenvalue weighted by molar-refractivity contribution is 0.340. The molecule has 176 valence electrons. The number of ether oxygens (including phenoxy) is 1. The van der Waals surface area contributed by atoms with E-state index in [9.17, 15) is 8.42 Å². The lowest BCUT2D eigenvalue weighted by Crippen LogP contribution is -2.39. The molecule has 0 radical (unpaired) electrons. The topological polar surface area (TPSA) is 59.5 Å². The van der Waals surface area contributed by atoms with Crippen LogP contribution in [0.5, 0.6) is 5.75 Å². The van der Waals surface area contributed by atoms with Crippen LogP contribution in [0.1, 0.15) is 46.1 Å². The van der Waals surface area contributed by atoms with Crippen molar-refractivity contribution in [2.75, 3.05) is 24.6 Å². The fraction of sp³-hybridized carbons (Fsp3) is 0.423. The van der Waals surface area contributed by atoms with Crippen LogP contribution in [-0.2, 0) is 15.3 Å². The van der Waals surface area contributed by atoms with E-state index in [0.717, 1.165) is 27.7 Å². The predicted octanol–water partition coefficient (Wildman–Crippen LogP) is 5.95. The Morgan fingerprint density at radius 3 is 2.24 bits per heavy atom. The summed E-state index contributed by atoms with van der Waals surface area (Å²) in [6, 6.07) is 15.4. The van der Waals surface area contributed by atoms with Gasteiger partial charge in [0.15, 0.2) is 15.0 Å². The number of piperidine rings is 1. The summed E-state index contributed by atoms with van der Waals surface area (Å²) >= 11 is 1.61. The number of nitrogens with zero attached hydrogens (tertiary/aromatic N) is 2. The van der Waals surface area contributed by atoms with E-state index in [0.29, 0.717) is 37.4 Å². The maximum atomic E-state index is 13.2. The Balaban J connectivity index is 1.40. The molecule has 1 aliphatic heterocycles. The van der Waals surface area contributed by atoms with Gasteiger partial charge in [0.25, 0.3) is 0 Å². The highest BCUT2D eigenvalue weighted by Crippen LogP contribution is 2.33. The van der Waals surface area contributed by atoms with Gasteiger partial charge in [-0.15, -0.1) is 11.3 Å². The summed E-state index contributed by atoms with van der Waals surface area (Å²) < 4.78 is 31.9. The monoisotopic (exact) mass is 484 g/mol. The first-order valence-electron chi connectivity index (χ1n) is 11.5. The van der Waals surface area contributed by atoms with E-state index in [1.807, 2.05) is 43.3 Å². The van der Waals surface area contributed by atoms with Gasteiger partial charge in [-0.1, -0.05) is 32.9 Å². The average molecular weight is 485 g/mol. The van der Waals surface area contributed by atoms with Gasteiger partial charge in [-0.25, -0.2) is 13.4 Å². The first-order chi connectivity index (χ1) is 15.7. The third-order valence-corrected chi connectivity index (χ3v) is 9.33. The minimum atomic E-state index is -3.33. The fourth-order valence-corrected chi connectivity index (χ4v) is 6.75. The van der Waals surface area contributed by atoms with Gasteiger partial charge in [-0.2, -0.15) is 0 Å². The zero-order valence-electron chi connectivity index (χ0n) is 19.7. The second kappa shape index (κ2) is 9.47. The van der Waals surface area contributed by atoms with E-state index < -0.39 is 9.84 Å². The Morgan fingerprint density at radius 1 is 1.03 bits per heavy atom. The molecule has 0 amide bonds. The van der Waals surface area contributed by atoms with E-state index in [1.54, 1.807) is 23.5 Å². The van der Waals surface area contributed by atoms with Gasteiger partial charge in [-0.3, -0.25) is 0 Å². The van der Waals surface area contributed by atoms with E-state index in [-0.39, 0.29) is 10.7 Å². The minimum Gasteiger partial charge on any atom is -0.494 e. The molecule has 0 N–H and O–H groups in total. The minimum absolute atomic E-state index is 0.00547. The number of thiazole rings is 1. The number of sulfone groups is 1. The lowest BCUT2D eigenvalue weighted by Gasteiger charge is -2.31. The van der Waals surface area contributed by atoms with Crippen molar-refractivity contribution in [3.63, 3.8) is 0 Å². The number of anilines is 1. The Hall–Kier alpha value is -2.38. The van der Waals surface area contributed by atoms with Gasteiger partial charge in [-0.05, 0) is 67.1 Å². The van der Waals surface area contributed by atoms with Gasteiger partial charge in [0.2, 0.25) is 0 Å². The highest BCUT2D eigenvalue weighted by atomic mass is 32.2. The number of hydrogen-bond acceptors (Lipinski definition) is 6. The van der Waals surface area contributed by atoms with Crippen LogP contribution in [0.4, 0.5) is 5.13 Å². The van der Waals surface area contributed by atoms with Crippen molar-refractivity contribution in [3.05, 3.63) is 59.5 Å². The molecule has 0 saturated carbocycles. The summed E-state index contributed by atoms with van der Waals surface area (Å²) in [6.07, 6.45) is 1.22. The summed E-state index contributed by atoms with van der Waals surface area (Å²) in [5, 5.41) is 2.66. The highest BCUT2D eigenvalue weighted by molar-refractivity contribution is 7.92. The molecule has 7 heteroatoms. The SMILES string of the molecule is CCOc1ccc(-c2csc(N3CCC(S(=O)(=O)c4ccc(C(C)(C)C)cc4)CC3)n2)cc1. The van der Waals surface area contributed by atoms with Crippen molar-refractivity contribution in [3.8, 4) is 17.0 Å². The summed E-state index contributed by atoms with van der Waals surface area (Å²) in [6.45, 7) is 10.4. The van der Waals surface area contributed by atoms with Crippen molar-refractivity contribution >= 4 is 26.3 Å². The number of hydrogen-bond donors (Lipinski definition) is 0. The van der Waals surface area contributed by atoms with Crippen LogP contribution in [0.25, 0.3) is 11.3 Å². The predicted molar refractivity (Wildman–Crippen MR) is 136 cm³/mol. The Labute approximate surface area is 201 Å². The van der Waals surface area contributed by atoms with Crippen LogP contribution in [0.15, 0.2) is 58.8 Å². The second-order valence-corrected chi connectivity index (χ2v) is 12.5. The average Bonchev–Trinajstić information content (AvgIpc) is 3.30. The normalized spacial score (nSPS) is 15.6. The van der Waals surface area contributed by atoms with Crippen LogP contribution < -0.4 is 9.64 Å². The van der Waals surface area contributed by atoms with Crippen molar-refractivity contribution in [1.29, 1.82) is 0 Å². The molecule has 0 unspecified atom stereocenters. The maximum absolute atomic E-state index is 13.2. The summed E-state index contributed by atoms with van der Waals surface area (Å²) in [7, 11) is -3.33.